The second-order valence-corrected chi connectivity index (χ2v) is 8.79. The zero-order valence-corrected chi connectivity index (χ0v) is 25.1. The minimum Gasteiger partial charge on any atom is -0.514 e. The minimum atomic E-state index is -1.42. The van der Waals surface area contributed by atoms with Crippen molar-refractivity contribution in [3.8, 4) is 0 Å². The maximum Gasteiger partial charge on any atom is 0.146 e. The molecule has 0 aliphatic carbocycles. The molecule has 204 valence electrons. The highest BCUT2D eigenvalue weighted by molar-refractivity contribution is 8.18. The fraction of sp³-hybridized carbons (Fsp3) is 0.560. The van der Waals surface area contributed by atoms with Gasteiger partial charge in [-0.1, -0.05) is 67.2 Å². The summed E-state index contributed by atoms with van der Waals surface area (Å²) < 4.78 is 25.1. The summed E-state index contributed by atoms with van der Waals surface area (Å²) in [4.78, 5) is 5.07. The molecule has 4 N–H and O–H groups in total. The van der Waals surface area contributed by atoms with Crippen molar-refractivity contribution in [1.82, 2.24) is 9.62 Å². The van der Waals surface area contributed by atoms with Crippen LogP contribution in [0.4, 0.5) is 0 Å². The Labute approximate surface area is 220 Å². The van der Waals surface area contributed by atoms with Crippen molar-refractivity contribution in [2.45, 2.75) is 75.8 Å². The lowest BCUT2D eigenvalue weighted by molar-refractivity contribution is 0.334. The number of thioether (sulfide) groups is 1. The summed E-state index contributed by atoms with van der Waals surface area (Å²) in [5, 5.41) is 12.5. The summed E-state index contributed by atoms with van der Waals surface area (Å²) in [7, 11) is 0.0856. The molecule has 0 bridgehead atoms. The van der Waals surface area contributed by atoms with Gasteiger partial charge in [0.1, 0.15) is 50.8 Å². The molecule has 0 radical (unpaired) electrons. The van der Waals surface area contributed by atoms with Crippen LogP contribution in [0.3, 0.4) is 0 Å². The number of furan rings is 1. The average molecular weight is 533 g/mol. The summed E-state index contributed by atoms with van der Waals surface area (Å²) in [6.07, 6.45) is 4.00. The highest BCUT2D eigenvalue weighted by atomic mass is 32.2. The zero-order valence-electron chi connectivity index (χ0n) is 23.5. The van der Waals surface area contributed by atoms with E-state index in [1.165, 1.54) is 25.1 Å². The van der Waals surface area contributed by atoms with Crippen molar-refractivity contribution < 1.29 is 18.5 Å². The molecular formula is C25H48N4O4S2. The third-order valence-electron chi connectivity index (χ3n) is 3.62. The van der Waals surface area contributed by atoms with Gasteiger partial charge in [0.2, 0.25) is 0 Å². The second-order valence-electron chi connectivity index (χ2n) is 5.79. The van der Waals surface area contributed by atoms with Crippen LogP contribution in [-0.4, -0.2) is 39.7 Å². The lowest BCUT2D eigenvalue weighted by Gasteiger charge is -2.18. The minimum absolute atomic E-state index is 0.250. The summed E-state index contributed by atoms with van der Waals surface area (Å²) in [5.41, 5.74) is 6.52. The molecule has 1 rings (SSSR count). The number of methoxy groups -OCH3 is 1. The Morgan fingerprint density at radius 1 is 1.23 bits per heavy atom. The topological polar surface area (TPSA) is 113 Å². The number of ether oxygens (including phenoxy) is 1. The third kappa shape index (κ3) is 16.2. The fourth-order valence-corrected chi connectivity index (χ4v) is 4.46. The van der Waals surface area contributed by atoms with Gasteiger partial charge in [0, 0.05) is 24.2 Å². The Hall–Kier alpha value is -2.17. The Kier molecular flexibility index (Phi) is 26.6. The smallest absolute Gasteiger partial charge is 0.146 e. The summed E-state index contributed by atoms with van der Waals surface area (Å²) >= 11 is 1.20. The van der Waals surface area contributed by atoms with Gasteiger partial charge in [0.25, 0.3) is 0 Å². The number of hydrogen-bond acceptors (Lipinski definition) is 7. The molecular weight excluding hydrogens is 484 g/mol. The van der Waals surface area contributed by atoms with E-state index in [1.54, 1.807) is 10.5 Å². The molecule has 0 aromatic carbocycles. The van der Waals surface area contributed by atoms with Gasteiger partial charge >= 0.3 is 0 Å². The van der Waals surface area contributed by atoms with Crippen LogP contribution in [0.1, 0.15) is 73.8 Å². The Balaban J connectivity index is -0.00000158. The number of amidine groups is 1. The number of nitrogens with two attached hydrogens (primary N) is 1. The van der Waals surface area contributed by atoms with Crippen LogP contribution in [0.25, 0.3) is 0 Å². The Morgan fingerprint density at radius 3 is 2.23 bits per heavy atom. The molecule has 0 saturated heterocycles. The van der Waals surface area contributed by atoms with Crippen LogP contribution in [-0.2, 0) is 22.3 Å². The van der Waals surface area contributed by atoms with E-state index < -0.39 is 11.0 Å². The standard InChI is InChI=1S/C19H30N4O4S2.3C2H6/c1-6-23(7-2)29(25)18(12-24)28-15(4)10-21-17(13-26-5)19(20)22-11-16-9-8-14(3)27-16;3*1-2/h8-10,12-13,21,24H,6-7,11H2,1-5H3,(H2,20,22);3*1-2H3/b15-10+,17-13+,18-12-;;;. The molecule has 0 spiro atoms. The van der Waals surface area contributed by atoms with Gasteiger partial charge < -0.3 is 25.3 Å². The molecule has 0 amide bonds. The molecule has 10 heteroatoms. The van der Waals surface area contributed by atoms with E-state index in [1.807, 2.05) is 81.4 Å². The number of nitrogens with zero attached hydrogens (tertiary/aromatic N) is 2. The number of allylic oxidation sites excluding steroid dienone is 1. The highest BCUT2D eigenvalue weighted by Crippen LogP contribution is 2.28. The van der Waals surface area contributed by atoms with E-state index in [0.29, 0.717) is 35.3 Å². The lowest BCUT2D eigenvalue weighted by Crippen LogP contribution is -2.26. The molecule has 0 aliphatic heterocycles. The molecule has 1 unspecified atom stereocenters. The highest BCUT2D eigenvalue weighted by Gasteiger charge is 2.16. The van der Waals surface area contributed by atoms with Gasteiger partial charge in [-0.25, -0.2) is 8.51 Å². The number of aryl methyl sites for hydroxylation is 1. The Bertz CT molecular complexity index is 799. The van der Waals surface area contributed by atoms with Crippen molar-refractivity contribution in [3.05, 3.63) is 57.2 Å². The molecule has 0 aliphatic rings. The third-order valence-corrected chi connectivity index (χ3v) is 6.48. The number of aliphatic hydroxyl groups excluding tert-OH is 1. The first-order valence-electron chi connectivity index (χ1n) is 12.1. The van der Waals surface area contributed by atoms with Crippen LogP contribution in [0.5, 0.6) is 0 Å². The van der Waals surface area contributed by atoms with Crippen LogP contribution in [0, 0.1) is 6.92 Å². The maximum atomic E-state index is 12.5. The van der Waals surface area contributed by atoms with Crippen LogP contribution < -0.4 is 11.1 Å². The second kappa shape index (κ2) is 24.9. The van der Waals surface area contributed by atoms with Crippen LogP contribution in [0.2, 0.25) is 0 Å². The summed E-state index contributed by atoms with van der Waals surface area (Å²) in [6.45, 7) is 21.1. The summed E-state index contributed by atoms with van der Waals surface area (Å²) in [5.74, 6) is 1.77. The van der Waals surface area contributed by atoms with E-state index in [0.717, 1.165) is 16.9 Å². The molecule has 1 aromatic heterocycles. The molecule has 35 heavy (non-hydrogen) atoms. The van der Waals surface area contributed by atoms with Crippen molar-refractivity contribution >= 4 is 28.6 Å². The van der Waals surface area contributed by atoms with Crippen LogP contribution in [0.15, 0.2) is 55.1 Å². The van der Waals surface area contributed by atoms with E-state index in [9.17, 15) is 9.32 Å². The molecule has 1 aromatic rings. The quantitative estimate of drug-likeness (QED) is 0.159. The van der Waals surface area contributed by atoms with E-state index in [-0.39, 0.29) is 5.84 Å². The Morgan fingerprint density at radius 2 is 1.80 bits per heavy atom. The lowest BCUT2D eigenvalue weighted by atomic mass is 10.4. The van der Waals surface area contributed by atoms with Gasteiger partial charge in [-0.15, -0.1) is 0 Å². The van der Waals surface area contributed by atoms with Crippen molar-refractivity contribution in [1.29, 1.82) is 0 Å². The molecule has 1 heterocycles. The molecule has 0 fully saturated rings. The van der Waals surface area contributed by atoms with Crippen molar-refractivity contribution in [3.63, 3.8) is 0 Å². The summed E-state index contributed by atoms with van der Waals surface area (Å²) in [6, 6.07) is 3.71. The van der Waals surface area contributed by atoms with E-state index >= 15 is 0 Å². The van der Waals surface area contributed by atoms with Gasteiger partial charge in [-0.05, 0) is 26.0 Å². The first-order chi connectivity index (χ1) is 16.9. The fourth-order valence-electron chi connectivity index (χ4n) is 2.16. The average Bonchev–Trinajstić information content (AvgIpc) is 3.32. The van der Waals surface area contributed by atoms with Gasteiger partial charge in [0.15, 0.2) is 0 Å². The van der Waals surface area contributed by atoms with Gasteiger partial charge in [-0.2, -0.15) is 0 Å². The predicted octanol–water partition coefficient (Wildman–Crippen LogP) is 6.56. The maximum absolute atomic E-state index is 12.5. The molecule has 0 saturated carbocycles. The number of aliphatic imine (C=N–C) groups is 1. The monoisotopic (exact) mass is 532 g/mol. The molecule has 8 nitrogen and oxygen atoms in total. The number of hydrogen-bond donors (Lipinski definition) is 3. The number of rotatable bonds is 12. The largest absolute Gasteiger partial charge is 0.514 e. The van der Waals surface area contributed by atoms with E-state index in [4.69, 9.17) is 14.9 Å². The first-order valence-corrected chi connectivity index (χ1v) is 14.0. The zero-order chi connectivity index (χ0) is 27.8. The predicted molar refractivity (Wildman–Crippen MR) is 154 cm³/mol. The molecule has 1 atom stereocenters. The number of aliphatic hydroxyl groups is 1. The normalized spacial score (nSPS) is 12.9. The van der Waals surface area contributed by atoms with E-state index in [2.05, 4.69) is 10.3 Å². The van der Waals surface area contributed by atoms with Gasteiger partial charge in [0.05, 0.1) is 13.7 Å². The SMILES string of the molecule is CC.CC.CC.CCN(CC)S(=O)/C(=C\O)S/C(C)=C/N/C(=C/OC)C(N)=NCc1ccc(C)o1. The van der Waals surface area contributed by atoms with Crippen molar-refractivity contribution in [2.75, 3.05) is 20.2 Å². The van der Waals surface area contributed by atoms with Gasteiger partial charge in [-0.3, -0.25) is 4.99 Å². The van der Waals surface area contributed by atoms with Crippen molar-refractivity contribution in [2.24, 2.45) is 10.7 Å². The number of nitrogens with one attached hydrogen (secondary N) is 1. The van der Waals surface area contributed by atoms with Crippen LogP contribution >= 0.6 is 11.8 Å². The first kappa shape index (κ1) is 37.4.